The van der Waals surface area contributed by atoms with Crippen LogP contribution in [0, 0.1) is 38.5 Å². The molecule has 3 aliphatic heterocycles. The molecular weight excluding hydrogens is 581 g/mol. The summed E-state index contributed by atoms with van der Waals surface area (Å²) in [5.74, 6) is -2.19. The maximum atomic E-state index is 14.0. The molecule has 10 heteroatoms. The zero-order valence-corrected chi connectivity index (χ0v) is 27.9. The molecular formula is C35H34MgN4O5-2. The fourth-order valence-corrected chi connectivity index (χ4v) is 7.10. The van der Waals surface area contributed by atoms with Gasteiger partial charge in [-0.1, -0.05) is 72.6 Å². The van der Waals surface area contributed by atoms with Gasteiger partial charge in [0, 0.05) is 12.0 Å². The molecule has 45 heavy (non-hydrogen) atoms. The normalized spacial score (nSPS) is 25.8. The number of rotatable bonds is 6. The van der Waals surface area contributed by atoms with Crippen LogP contribution >= 0.6 is 0 Å². The number of esters is 1. The Labute approximate surface area is 278 Å². The number of methoxy groups -OCH3 is 1. The number of ketones is 1. The molecule has 0 radical (unpaired) electrons. The number of Topliss-reactive ketones (excluding diaryl/α,β-unsaturated/α-hetero) is 1. The molecule has 0 spiro atoms. The Morgan fingerprint density at radius 3 is 2.36 bits per heavy atom. The third kappa shape index (κ3) is 4.90. The fourth-order valence-electron chi connectivity index (χ4n) is 7.10. The summed E-state index contributed by atoms with van der Waals surface area (Å²) in [6.07, 6.45) is 9.69. The van der Waals surface area contributed by atoms with Gasteiger partial charge in [0.25, 0.3) is 0 Å². The fraction of sp³-hybridized carbons (Fsp3) is 0.371. The number of carbonyl (C=O) groups excluding carboxylic acids is 2. The van der Waals surface area contributed by atoms with Crippen LogP contribution in [0.1, 0.15) is 87.6 Å². The van der Waals surface area contributed by atoms with Gasteiger partial charge in [0.1, 0.15) is 5.92 Å². The Balaban J connectivity index is 0.00000357. The number of aromatic nitrogens is 3. The van der Waals surface area contributed by atoms with Crippen LogP contribution in [0.25, 0.3) is 35.2 Å². The molecule has 7 rings (SSSR count). The number of allylic oxidation sites excluding steroid dienone is 2. The first-order valence-corrected chi connectivity index (χ1v) is 15.1. The quantitative estimate of drug-likeness (QED) is 0.135. The van der Waals surface area contributed by atoms with Gasteiger partial charge < -0.3 is 25.0 Å². The average Bonchev–Trinajstić information content (AvgIpc) is 3.37. The van der Waals surface area contributed by atoms with Crippen molar-refractivity contribution in [3.8, 4) is 0 Å². The predicted octanol–water partition coefficient (Wildman–Crippen LogP) is 3.72. The second-order valence-corrected chi connectivity index (χ2v) is 12.0. The Morgan fingerprint density at radius 1 is 0.978 bits per heavy atom. The zero-order valence-electron chi connectivity index (χ0n) is 26.5. The van der Waals surface area contributed by atoms with Crippen molar-refractivity contribution in [3.63, 3.8) is 0 Å². The molecule has 0 saturated carbocycles. The Hall–Kier alpha value is -3.57. The van der Waals surface area contributed by atoms with E-state index in [1.807, 2.05) is 38.2 Å². The first kappa shape index (κ1) is 31.4. The van der Waals surface area contributed by atoms with E-state index < -0.39 is 11.9 Å². The summed E-state index contributed by atoms with van der Waals surface area (Å²) in [7, 11) is 1.31. The molecule has 4 aliphatic rings. The Morgan fingerprint density at radius 2 is 1.69 bits per heavy atom. The molecule has 0 unspecified atom stereocenters. The van der Waals surface area contributed by atoms with Crippen molar-refractivity contribution in [3.05, 3.63) is 90.1 Å². The van der Waals surface area contributed by atoms with Crippen LogP contribution in [0.5, 0.6) is 0 Å². The van der Waals surface area contributed by atoms with E-state index in [1.54, 1.807) is 0 Å². The van der Waals surface area contributed by atoms with E-state index in [4.69, 9.17) is 34.8 Å². The van der Waals surface area contributed by atoms with Gasteiger partial charge >= 0.3 is 29.0 Å². The van der Waals surface area contributed by atoms with Crippen molar-refractivity contribution in [2.45, 2.75) is 60.2 Å². The number of hydrogen-bond acceptors (Lipinski definition) is 5. The van der Waals surface area contributed by atoms with Gasteiger partial charge in [-0.2, -0.15) is 21.2 Å². The van der Waals surface area contributed by atoms with E-state index in [0.717, 1.165) is 62.0 Å². The third-order valence-electron chi connectivity index (χ3n) is 9.69. The summed E-state index contributed by atoms with van der Waals surface area (Å²) in [4.78, 5) is 52.5. The number of nitrogens with zero attached hydrogens (tertiary/aromatic N) is 4. The van der Waals surface area contributed by atoms with Gasteiger partial charge in [0.2, 0.25) is 6.29 Å². The van der Waals surface area contributed by atoms with Crippen molar-refractivity contribution in [2.75, 3.05) is 7.11 Å². The number of carbonyl (C=O) groups is 2. The largest absolute Gasteiger partial charge is 2.00 e. The first-order valence-electron chi connectivity index (χ1n) is 15.1. The molecule has 3 aromatic rings. The maximum Gasteiger partial charge on any atom is 2.00 e. The van der Waals surface area contributed by atoms with Crippen LogP contribution in [-0.4, -0.2) is 48.2 Å². The molecule has 3 atom stereocenters. The van der Waals surface area contributed by atoms with Gasteiger partial charge in [-0.05, 0) is 51.0 Å². The van der Waals surface area contributed by atoms with Crippen LogP contribution < -0.4 is 25.7 Å². The van der Waals surface area contributed by atoms with E-state index in [-0.39, 0.29) is 47.0 Å². The minimum Gasteiger partial charge on any atom is -0.664 e. The van der Waals surface area contributed by atoms with Crippen LogP contribution in [0.15, 0.2) is 18.0 Å². The van der Waals surface area contributed by atoms with E-state index in [0.29, 0.717) is 41.1 Å². The van der Waals surface area contributed by atoms with E-state index in [2.05, 4.69) is 27.4 Å². The van der Waals surface area contributed by atoms with Crippen molar-refractivity contribution >= 4 is 64.7 Å². The topological polar surface area (TPSA) is 125 Å². The SMILES string of the molecule is C=Cc1c2[n-]c(c1C)/C=C1\[N-]/C(=C3\c4[n-]c(c(C)c4C(=O)[C@@H]3C(=O)OC)/C=c3\[n-]/c(c(C)c3CC)=C\2)[C@@H](CCC2OO2)[C@@H]1C.[Mg+2]. The first-order chi connectivity index (χ1) is 21.2. The number of fused-ring (bicyclic) bond motifs is 7. The molecule has 3 aromatic heterocycles. The Bertz CT molecular complexity index is 1950. The van der Waals surface area contributed by atoms with Crippen molar-refractivity contribution in [1.29, 1.82) is 0 Å². The van der Waals surface area contributed by atoms with Crippen molar-refractivity contribution < 1.29 is 24.1 Å². The van der Waals surface area contributed by atoms with Crippen molar-refractivity contribution in [1.82, 2.24) is 15.0 Å². The molecule has 0 amide bonds. The van der Waals surface area contributed by atoms with E-state index in [9.17, 15) is 9.59 Å². The minimum absolute atomic E-state index is 0. The number of hydrogen-bond donors (Lipinski definition) is 0. The Kier molecular flexibility index (Phi) is 8.14. The van der Waals surface area contributed by atoms with Crippen LogP contribution in [-0.2, 0) is 25.7 Å². The predicted molar refractivity (Wildman–Crippen MR) is 171 cm³/mol. The molecule has 8 bridgehead atoms. The molecule has 228 valence electrons. The van der Waals surface area contributed by atoms with Gasteiger partial charge in [-0.25, -0.2) is 0 Å². The van der Waals surface area contributed by atoms with E-state index >= 15 is 0 Å². The summed E-state index contributed by atoms with van der Waals surface area (Å²) in [6, 6.07) is 0. The summed E-state index contributed by atoms with van der Waals surface area (Å²) >= 11 is 0. The second-order valence-electron chi connectivity index (χ2n) is 12.0. The summed E-state index contributed by atoms with van der Waals surface area (Å²) in [5.41, 5.74) is 10.1. The monoisotopic (exact) mass is 614 g/mol. The van der Waals surface area contributed by atoms with Crippen molar-refractivity contribution in [2.24, 2.45) is 17.8 Å². The summed E-state index contributed by atoms with van der Waals surface area (Å²) in [5, 5.41) is 6.82. The standard InChI is InChI=1S/C35H35N4O5.Mg/c1-8-19-15(3)22-12-24-17(5)21(10-11-28-43-44-28)32(38-24)30-31(35(41)42-7)34(40)29-18(6)25(39-33(29)30)14-27-20(9-2)16(4)23(37-27)13-26(19)36-22;/h8,12-14,17,21,28,31H,1,9-11H2,2-7H3,(H-,38,39,40);/q-3;+2/p-1/b23-13-,24-12-,27-14-;/t17-,21-,31+;/m0./s1. The van der Waals surface area contributed by atoms with Crippen LogP contribution in [0.2, 0.25) is 0 Å². The van der Waals surface area contributed by atoms with Gasteiger partial charge in [0.15, 0.2) is 5.78 Å². The third-order valence-corrected chi connectivity index (χ3v) is 9.69. The molecule has 2 saturated heterocycles. The summed E-state index contributed by atoms with van der Waals surface area (Å²) < 4.78 is 5.18. The zero-order chi connectivity index (χ0) is 31.0. The van der Waals surface area contributed by atoms with Crippen LogP contribution in [0.3, 0.4) is 0 Å². The van der Waals surface area contributed by atoms with E-state index in [1.165, 1.54) is 7.11 Å². The second kappa shape index (κ2) is 11.7. The smallest absolute Gasteiger partial charge is 0.664 e. The molecule has 9 nitrogen and oxygen atoms in total. The molecule has 0 N–H and O–H groups in total. The molecule has 2 fully saturated rings. The maximum absolute atomic E-state index is 14.0. The van der Waals surface area contributed by atoms with Gasteiger partial charge in [0.05, 0.1) is 7.11 Å². The molecule has 6 heterocycles. The van der Waals surface area contributed by atoms with Gasteiger partial charge in [-0.3, -0.25) is 9.59 Å². The average molecular weight is 615 g/mol. The molecule has 1 aliphatic carbocycles. The molecule has 0 aromatic carbocycles. The minimum atomic E-state index is -1.13. The van der Waals surface area contributed by atoms with Gasteiger partial charge in [-0.15, -0.1) is 33.5 Å². The van der Waals surface area contributed by atoms with Crippen LogP contribution in [0.4, 0.5) is 0 Å². The summed E-state index contributed by atoms with van der Waals surface area (Å²) in [6.45, 7) is 14.3. The number of ether oxygens (including phenoxy) is 1.